The molecule has 0 spiro atoms. The van der Waals surface area contributed by atoms with Gasteiger partial charge < -0.3 is 14.6 Å². The topological polar surface area (TPSA) is 55.8 Å². The summed E-state index contributed by atoms with van der Waals surface area (Å²) < 4.78 is 10.8. The van der Waals surface area contributed by atoms with E-state index in [0.29, 0.717) is 12.4 Å². The fourth-order valence-corrected chi connectivity index (χ4v) is 1.68. The zero-order chi connectivity index (χ0) is 14.2. The van der Waals surface area contributed by atoms with Crippen molar-refractivity contribution in [1.29, 1.82) is 0 Å². The molecule has 0 radical (unpaired) electrons. The zero-order valence-corrected chi connectivity index (χ0v) is 10.9. The van der Waals surface area contributed by atoms with Crippen LogP contribution in [0.15, 0.2) is 60.7 Å². The maximum absolute atomic E-state index is 11.1. The van der Waals surface area contributed by atoms with Crippen molar-refractivity contribution in [3.63, 3.8) is 0 Å². The first kappa shape index (κ1) is 14.1. The third kappa shape index (κ3) is 4.40. The van der Waals surface area contributed by atoms with Crippen LogP contribution >= 0.6 is 0 Å². The van der Waals surface area contributed by atoms with Gasteiger partial charge in [0.2, 0.25) is 6.10 Å². The van der Waals surface area contributed by atoms with Crippen molar-refractivity contribution in [2.24, 2.45) is 0 Å². The molecule has 0 fully saturated rings. The van der Waals surface area contributed by atoms with Crippen LogP contribution in [0.2, 0.25) is 0 Å². The van der Waals surface area contributed by atoms with Crippen molar-refractivity contribution in [3.05, 3.63) is 66.2 Å². The lowest BCUT2D eigenvalue weighted by molar-refractivity contribution is -0.148. The molecule has 4 heteroatoms. The van der Waals surface area contributed by atoms with E-state index in [1.165, 1.54) is 0 Å². The van der Waals surface area contributed by atoms with Crippen molar-refractivity contribution in [2.75, 3.05) is 6.61 Å². The van der Waals surface area contributed by atoms with Gasteiger partial charge in [0.1, 0.15) is 5.75 Å². The Kier molecular flexibility index (Phi) is 5.15. The Morgan fingerprint density at radius 3 is 2.20 bits per heavy atom. The molecule has 1 atom stereocenters. The number of rotatable bonds is 7. The Labute approximate surface area is 117 Å². The fraction of sp³-hybridized carbons (Fsp3) is 0.188. The van der Waals surface area contributed by atoms with Crippen LogP contribution in [-0.2, 0) is 16.1 Å². The molecular formula is C16H16O4. The molecule has 104 valence electrons. The quantitative estimate of drug-likeness (QED) is 0.842. The Morgan fingerprint density at radius 1 is 1.00 bits per heavy atom. The molecule has 0 aromatic heterocycles. The Balaban J connectivity index is 1.85. The molecule has 2 aromatic rings. The van der Waals surface area contributed by atoms with Gasteiger partial charge >= 0.3 is 5.97 Å². The van der Waals surface area contributed by atoms with Crippen LogP contribution in [0.1, 0.15) is 5.56 Å². The SMILES string of the molecule is O=C(O)C(COCc1ccccc1)Oc1ccccc1. The van der Waals surface area contributed by atoms with Crippen molar-refractivity contribution in [3.8, 4) is 5.75 Å². The number of benzene rings is 2. The van der Waals surface area contributed by atoms with E-state index in [1.807, 2.05) is 36.4 Å². The average molecular weight is 272 g/mol. The molecule has 0 saturated heterocycles. The number of carbonyl (C=O) groups is 1. The van der Waals surface area contributed by atoms with E-state index in [2.05, 4.69) is 0 Å². The second kappa shape index (κ2) is 7.31. The van der Waals surface area contributed by atoms with Crippen molar-refractivity contribution >= 4 is 5.97 Å². The van der Waals surface area contributed by atoms with Gasteiger partial charge in [-0.2, -0.15) is 0 Å². The Bertz CT molecular complexity index is 525. The van der Waals surface area contributed by atoms with Crippen LogP contribution in [0.3, 0.4) is 0 Å². The highest BCUT2D eigenvalue weighted by Gasteiger charge is 2.19. The number of para-hydroxylation sites is 1. The molecule has 1 N–H and O–H groups in total. The summed E-state index contributed by atoms with van der Waals surface area (Å²) >= 11 is 0. The van der Waals surface area contributed by atoms with Gasteiger partial charge in [-0.25, -0.2) is 4.79 Å². The maximum atomic E-state index is 11.1. The molecule has 2 rings (SSSR count). The van der Waals surface area contributed by atoms with E-state index in [9.17, 15) is 4.79 Å². The third-order valence-electron chi connectivity index (χ3n) is 2.68. The predicted octanol–water partition coefficient (Wildman–Crippen LogP) is 2.74. The minimum absolute atomic E-state index is 0.000871. The monoisotopic (exact) mass is 272 g/mol. The summed E-state index contributed by atoms with van der Waals surface area (Å²) in [5.74, 6) is -0.523. The van der Waals surface area contributed by atoms with E-state index in [-0.39, 0.29) is 6.61 Å². The molecule has 0 saturated carbocycles. The average Bonchev–Trinajstić information content (AvgIpc) is 2.48. The fourth-order valence-electron chi connectivity index (χ4n) is 1.68. The first-order chi connectivity index (χ1) is 9.75. The van der Waals surface area contributed by atoms with Crippen LogP contribution in [-0.4, -0.2) is 23.8 Å². The van der Waals surface area contributed by atoms with Crippen LogP contribution in [0.25, 0.3) is 0 Å². The minimum atomic E-state index is -1.04. The van der Waals surface area contributed by atoms with Gasteiger partial charge in [-0.3, -0.25) is 0 Å². The van der Waals surface area contributed by atoms with Gasteiger partial charge in [-0.1, -0.05) is 48.5 Å². The second-order valence-corrected chi connectivity index (χ2v) is 4.26. The number of carboxylic acids is 1. The zero-order valence-electron chi connectivity index (χ0n) is 10.9. The summed E-state index contributed by atoms with van der Waals surface area (Å²) in [4.78, 5) is 11.1. The highest BCUT2D eigenvalue weighted by molar-refractivity contribution is 5.72. The second-order valence-electron chi connectivity index (χ2n) is 4.26. The number of carboxylic acid groups (broad SMARTS) is 1. The number of hydrogen-bond donors (Lipinski definition) is 1. The number of aliphatic carboxylic acids is 1. The standard InChI is InChI=1S/C16H16O4/c17-16(18)15(20-14-9-5-2-6-10-14)12-19-11-13-7-3-1-4-8-13/h1-10,15H,11-12H2,(H,17,18). The van der Waals surface area contributed by atoms with E-state index in [4.69, 9.17) is 14.6 Å². The van der Waals surface area contributed by atoms with Gasteiger partial charge in [0.15, 0.2) is 0 Å². The molecule has 0 aliphatic carbocycles. The largest absolute Gasteiger partial charge is 0.478 e. The van der Waals surface area contributed by atoms with Crippen molar-refractivity contribution in [1.82, 2.24) is 0 Å². The molecule has 0 aliphatic rings. The van der Waals surface area contributed by atoms with Crippen molar-refractivity contribution < 1.29 is 19.4 Å². The molecule has 0 aliphatic heterocycles. The number of hydrogen-bond acceptors (Lipinski definition) is 3. The molecule has 0 amide bonds. The predicted molar refractivity (Wildman–Crippen MR) is 74.6 cm³/mol. The van der Waals surface area contributed by atoms with E-state index < -0.39 is 12.1 Å². The Hall–Kier alpha value is -2.33. The molecule has 2 aromatic carbocycles. The summed E-state index contributed by atoms with van der Waals surface area (Å²) in [5.41, 5.74) is 0.997. The summed E-state index contributed by atoms with van der Waals surface area (Å²) in [6, 6.07) is 18.4. The summed E-state index contributed by atoms with van der Waals surface area (Å²) in [7, 11) is 0. The van der Waals surface area contributed by atoms with E-state index in [1.54, 1.807) is 24.3 Å². The van der Waals surface area contributed by atoms with Gasteiger partial charge in [-0.15, -0.1) is 0 Å². The first-order valence-corrected chi connectivity index (χ1v) is 6.32. The van der Waals surface area contributed by atoms with Gasteiger partial charge in [-0.05, 0) is 17.7 Å². The molecule has 4 nitrogen and oxygen atoms in total. The minimum Gasteiger partial charge on any atom is -0.478 e. The van der Waals surface area contributed by atoms with Crippen LogP contribution < -0.4 is 4.74 Å². The molecular weight excluding hydrogens is 256 g/mol. The number of ether oxygens (including phenoxy) is 2. The highest BCUT2D eigenvalue weighted by atomic mass is 16.5. The maximum Gasteiger partial charge on any atom is 0.347 e. The molecule has 20 heavy (non-hydrogen) atoms. The lowest BCUT2D eigenvalue weighted by atomic mass is 10.2. The van der Waals surface area contributed by atoms with E-state index in [0.717, 1.165) is 5.56 Å². The highest BCUT2D eigenvalue weighted by Crippen LogP contribution is 2.12. The summed E-state index contributed by atoms with van der Waals surface area (Å²) in [6.45, 7) is 0.363. The first-order valence-electron chi connectivity index (χ1n) is 6.32. The Morgan fingerprint density at radius 2 is 1.60 bits per heavy atom. The van der Waals surface area contributed by atoms with E-state index >= 15 is 0 Å². The van der Waals surface area contributed by atoms with Gasteiger partial charge in [0.25, 0.3) is 0 Å². The van der Waals surface area contributed by atoms with Crippen LogP contribution in [0.4, 0.5) is 0 Å². The lowest BCUT2D eigenvalue weighted by Crippen LogP contribution is -2.32. The van der Waals surface area contributed by atoms with Gasteiger partial charge in [0.05, 0.1) is 13.2 Å². The normalized spacial score (nSPS) is 11.8. The molecule has 1 unspecified atom stereocenters. The lowest BCUT2D eigenvalue weighted by Gasteiger charge is -2.15. The summed E-state index contributed by atoms with van der Waals surface area (Å²) in [5, 5.41) is 9.13. The summed E-state index contributed by atoms with van der Waals surface area (Å²) in [6.07, 6.45) is -1.01. The van der Waals surface area contributed by atoms with Crippen LogP contribution in [0, 0.1) is 0 Å². The van der Waals surface area contributed by atoms with Gasteiger partial charge in [0, 0.05) is 0 Å². The third-order valence-corrected chi connectivity index (χ3v) is 2.68. The van der Waals surface area contributed by atoms with Crippen molar-refractivity contribution in [2.45, 2.75) is 12.7 Å². The van der Waals surface area contributed by atoms with Crippen LogP contribution in [0.5, 0.6) is 5.75 Å². The molecule has 0 heterocycles. The smallest absolute Gasteiger partial charge is 0.347 e. The molecule has 0 bridgehead atoms.